The summed E-state index contributed by atoms with van der Waals surface area (Å²) in [6.07, 6.45) is 5.70. The molecule has 0 saturated heterocycles. The highest BCUT2D eigenvalue weighted by Gasteiger charge is 2.03. The van der Waals surface area contributed by atoms with Crippen LogP contribution in [0.15, 0.2) is 47.4 Å². The van der Waals surface area contributed by atoms with E-state index in [4.69, 9.17) is 12.2 Å². The lowest BCUT2D eigenvalue weighted by Crippen LogP contribution is -2.28. The van der Waals surface area contributed by atoms with Gasteiger partial charge < -0.3 is 10.6 Å². The monoisotopic (exact) mass is 358 g/mol. The fourth-order valence-electron chi connectivity index (χ4n) is 2.49. The fourth-order valence-corrected chi connectivity index (χ4v) is 3.09. The lowest BCUT2D eigenvalue weighted by atomic mass is 10.0. The highest BCUT2D eigenvalue weighted by atomic mass is 32.2. The van der Waals surface area contributed by atoms with Crippen molar-refractivity contribution in [3.8, 4) is 0 Å². The Kier molecular flexibility index (Phi) is 7.60. The second-order valence-electron chi connectivity index (χ2n) is 5.91. The molecule has 2 rings (SSSR count). The first-order chi connectivity index (χ1) is 11.6. The molecule has 0 bridgehead atoms. The largest absolute Gasteiger partial charge is 0.358 e. The molecule has 0 aliphatic rings. The van der Waals surface area contributed by atoms with Gasteiger partial charge in [-0.2, -0.15) is 0 Å². The van der Waals surface area contributed by atoms with Crippen LogP contribution in [0.2, 0.25) is 0 Å². The topological polar surface area (TPSA) is 24.1 Å². The van der Waals surface area contributed by atoms with Crippen molar-refractivity contribution in [3.63, 3.8) is 0 Å². The van der Waals surface area contributed by atoms with Gasteiger partial charge in [0.25, 0.3) is 0 Å². The molecule has 4 heteroatoms. The van der Waals surface area contributed by atoms with Crippen molar-refractivity contribution in [2.75, 3.05) is 11.6 Å². The first-order valence-corrected chi connectivity index (χ1v) is 10.0. The molecule has 0 unspecified atom stereocenters. The summed E-state index contributed by atoms with van der Waals surface area (Å²) in [5.41, 5.74) is 4.93. The van der Waals surface area contributed by atoms with E-state index in [0.717, 1.165) is 18.7 Å². The number of rotatable bonds is 7. The molecule has 2 aromatic carbocycles. The molecule has 2 nitrogen and oxygen atoms in total. The first-order valence-electron chi connectivity index (χ1n) is 8.39. The molecule has 0 saturated carbocycles. The molecular weight excluding hydrogens is 332 g/mol. The van der Waals surface area contributed by atoms with Crippen molar-refractivity contribution in [2.45, 2.75) is 44.6 Å². The second kappa shape index (κ2) is 9.70. The van der Waals surface area contributed by atoms with Crippen LogP contribution in [-0.4, -0.2) is 11.4 Å². The van der Waals surface area contributed by atoms with E-state index in [0.29, 0.717) is 5.11 Å². The van der Waals surface area contributed by atoms with E-state index < -0.39 is 0 Å². The van der Waals surface area contributed by atoms with Crippen LogP contribution < -0.4 is 10.6 Å². The van der Waals surface area contributed by atoms with Gasteiger partial charge in [-0.05, 0) is 73.1 Å². The molecule has 2 N–H and O–H groups in total. The number of anilines is 1. The van der Waals surface area contributed by atoms with Crippen molar-refractivity contribution in [1.29, 1.82) is 0 Å². The number of thioether (sulfide) groups is 1. The first kappa shape index (κ1) is 18.8. The number of nitrogens with one attached hydrogen (secondary N) is 2. The summed E-state index contributed by atoms with van der Waals surface area (Å²) < 4.78 is 0. The Hall–Kier alpha value is -1.52. The number of hydrogen-bond donors (Lipinski definition) is 2. The smallest absolute Gasteiger partial charge is 0.171 e. The van der Waals surface area contributed by atoms with E-state index >= 15 is 0 Å². The van der Waals surface area contributed by atoms with Crippen LogP contribution in [0.4, 0.5) is 5.69 Å². The van der Waals surface area contributed by atoms with Crippen LogP contribution in [0.25, 0.3) is 0 Å². The molecule has 0 amide bonds. The summed E-state index contributed by atoms with van der Waals surface area (Å²) in [5, 5.41) is 7.24. The number of thiocarbonyl (C=S) groups is 1. The molecule has 0 aromatic heterocycles. The van der Waals surface area contributed by atoms with Gasteiger partial charge in [0.15, 0.2) is 5.11 Å². The SMILES string of the molecule is CCCCc1ccc(NC(=S)NCc2ccc(SC)cc2)c(C)c1. The third kappa shape index (κ3) is 5.84. The summed E-state index contributed by atoms with van der Waals surface area (Å²) in [6.45, 7) is 5.08. The molecular formula is C20H26N2S2. The normalized spacial score (nSPS) is 10.5. The van der Waals surface area contributed by atoms with Crippen LogP contribution in [0.1, 0.15) is 36.5 Å². The van der Waals surface area contributed by atoms with E-state index in [9.17, 15) is 0 Å². The predicted molar refractivity (Wildman–Crippen MR) is 111 cm³/mol. The minimum Gasteiger partial charge on any atom is -0.358 e. The molecule has 0 spiro atoms. The fraction of sp³-hybridized carbons (Fsp3) is 0.350. The zero-order chi connectivity index (χ0) is 17.4. The zero-order valence-electron chi connectivity index (χ0n) is 14.7. The maximum Gasteiger partial charge on any atom is 0.171 e. The van der Waals surface area contributed by atoms with E-state index in [-0.39, 0.29) is 0 Å². The Balaban J connectivity index is 1.87. The molecule has 0 aliphatic carbocycles. The minimum atomic E-state index is 0.661. The summed E-state index contributed by atoms with van der Waals surface area (Å²) in [4.78, 5) is 1.28. The van der Waals surface area contributed by atoms with Crippen LogP contribution in [0.5, 0.6) is 0 Å². The van der Waals surface area contributed by atoms with Gasteiger partial charge >= 0.3 is 0 Å². The second-order valence-corrected chi connectivity index (χ2v) is 7.20. The van der Waals surface area contributed by atoms with Gasteiger partial charge in [0.1, 0.15) is 0 Å². The Morgan fingerprint density at radius 3 is 2.42 bits per heavy atom. The van der Waals surface area contributed by atoms with Gasteiger partial charge in [-0.15, -0.1) is 11.8 Å². The Morgan fingerprint density at radius 2 is 1.79 bits per heavy atom. The van der Waals surface area contributed by atoms with E-state index in [1.54, 1.807) is 11.8 Å². The lowest BCUT2D eigenvalue weighted by molar-refractivity contribution is 0.794. The van der Waals surface area contributed by atoms with Crippen molar-refractivity contribution >= 4 is 34.8 Å². The van der Waals surface area contributed by atoms with Gasteiger partial charge in [0, 0.05) is 17.1 Å². The van der Waals surface area contributed by atoms with Gasteiger partial charge in [0.2, 0.25) is 0 Å². The maximum atomic E-state index is 5.42. The summed E-state index contributed by atoms with van der Waals surface area (Å²) in [5.74, 6) is 0. The van der Waals surface area contributed by atoms with Crippen molar-refractivity contribution in [3.05, 3.63) is 59.2 Å². The standard InChI is InChI=1S/C20H26N2S2/c1-4-5-6-16-9-12-19(15(2)13-16)22-20(23)21-14-17-7-10-18(24-3)11-8-17/h7-13H,4-6,14H2,1-3H3,(H2,21,22,23). The molecule has 0 atom stereocenters. The summed E-state index contributed by atoms with van der Waals surface area (Å²) >= 11 is 7.17. The Labute approximate surface area is 155 Å². The number of unbranched alkanes of at least 4 members (excludes halogenated alkanes) is 1. The summed E-state index contributed by atoms with van der Waals surface area (Å²) in [7, 11) is 0. The Morgan fingerprint density at radius 1 is 1.08 bits per heavy atom. The third-order valence-corrected chi connectivity index (χ3v) is 4.96. The van der Waals surface area contributed by atoms with Gasteiger partial charge in [-0.25, -0.2) is 0 Å². The highest BCUT2D eigenvalue weighted by molar-refractivity contribution is 7.98. The quantitative estimate of drug-likeness (QED) is 0.501. The van der Waals surface area contributed by atoms with Crippen molar-refractivity contribution in [1.82, 2.24) is 5.32 Å². The lowest BCUT2D eigenvalue weighted by Gasteiger charge is -2.14. The average Bonchev–Trinajstić information content (AvgIpc) is 2.60. The Bertz CT molecular complexity index is 666. The molecule has 0 aliphatic heterocycles. The van der Waals surface area contributed by atoms with Crippen LogP contribution in [0, 0.1) is 6.92 Å². The van der Waals surface area contributed by atoms with Crippen molar-refractivity contribution in [2.24, 2.45) is 0 Å². The molecule has 0 fully saturated rings. The molecule has 128 valence electrons. The summed E-state index contributed by atoms with van der Waals surface area (Å²) in [6, 6.07) is 15.1. The van der Waals surface area contributed by atoms with E-state index in [2.05, 4.69) is 73.2 Å². The number of benzene rings is 2. The third-order valence-electron chi connectivity index (χ3n) is 3.97. The van der Waals surface area contributed by atoms with E-state index in [1.807, 2.05) is 0 Å². The minimum absolute atomic E-state index is 0.661. The molecule has 0 radical (unpaired) electrons. The zero-order valence-corrected chi connectivity index (χ0v) is 16.3. The van der Waals surface area contributed by atoms with Crippen LogP contribution in [0.3, 0.4) is 0 Å². The molecule has 24 heavy (non-hydrogen) atoms. The molecule has 0 heterocycles. The predicted octanol–water partition coefficient (Wildman–Crippen LogP) is 5.55. The van der Waals surface area contributed by atoms with Gasteiger partial charge in [0.05, 0.1) is 0 Å². The average molecular weight is 359 g/mol. The number of hydrogen-bond acceptors (Lipinski definition) is 2. The molecule has 2 aromatic rings. The van der Waals surface area contributed by atoms with E-state index in [1.165, 1.54) is 34.4 Å². The van der Waals surface area contributed by atoms with Crippen LogP contribution >= 0.6 is 24.0 Å². The maximum absolute atomic E-state index is 5.42. The number of aryl methyl sites for hydroxylation is 2. The van der Waals surface area contributed by atoms with Gasteiger partial charge in [-0.1, -0.05) is 37.6 Å². The van der Waals surface area contributed by atoms with Crippen molar-refractivity contribution < 1.29 is 0 Å². The van der Waals surface area contributed by atoms with Gasteiger partial charge in [-0.3, -0.25) is 0 Å². The highest BCUT2D eigenvalue weighted by Crippen LogP contribution is 2.18. The van der Waals surface area contributed by atoms with Crippen LogP contribution in [-0.2, 0) is 13.0 Å².